The number of ether oxygens (including phenoxy) is 1. The van der Waals surface area contributed by atoms with Crippen molar-refractivity contribution in [2.75, 3.05) is 12.4 Å². The quantitative estimate of drug-likeness (QED) is 0.835. The fraction of sp³-hybridized carbons (Fsp3) is 0.0714. The average Bonchev–Trinajstić information content (AvgIpc) is 2.96. The summed E-state index contributed by atoms with van der Waals surface area (Å²) >= 11 is 3.42. The highest BCUT2D eigenvalue weighted by molar-refractivity contribution is 9.10. The normalized spacial score (nSPS) is 15.5. The highest BCUT2D eigenvalue weighted by atomic mass is 79.9. The maximum absolute atomic E-state index is 12.0. The van der Waals surface area contributed by atoms with E-state index in [0.717, 1.165) is 21.4 Å². The highest BCUT2D eigenvalue weighted by Gasteiger charge is 2.24. The van der Waals surface area contributed by atoms with E-state index < -0.39 is 0 Å². The molecule has 1 aliphatic heterocycles. The number of carbonyl (C=O) groups is 1. The first-order chi connectivity index (χ1) is 9.19. The minimum Gasteiger partial charge on any atom is -0.495 e. The SMILES string of the molecule is COc1cc[nH]c1/C=C1\C(=O)Nc2ccc(Br)cc21. The number of hydrogen-bond acceptors (Lipinski definition) is 2. The van der Waals surface area contributed by atoms with E-state index in [1.54, 1.807) is 19.4 Å². The third-order valence-corrected chi connectivity index (χ3v) is 3.51. The molecule has 2 aromatic rings. The molecule has 0 saturated carbocycles. The molecule has 1 amide bonds. The number of hydrogen-bond donors (Lipinski definition) is 2. The summed E-state index contributed by atoms with van der Waals surface area (Å²) in [6, 6.07) is 7.52. The number of halogens is 1. The van der Waals surface area contributed by atoms with Gasteiger partial charge in [0.2, 0.25) is 0 Å². The molecule has 0 fully saturated rings. The van der Waals surface area contributed by atoms with Gasteiger partial charge < -0.3 is 15.0 Å². The van der Waals surface area contributed by atoms with E-state index in [1.165, 1.54) is 0 Å². The number of amides is 1. The van der Waals surface area contributed by atoms with Crippen LogP contribution in [0.3, 0.4) is 0 Å². The van der Waals surface area contributed by atoms with Crippen LogP contribution in [-0.4, -0.2) is 18.0 Å². The van der Waals surface area contributed by atoms with Crippen LogP contribution in [0.2, 0.25) is 0 Å². The number of aromatic amines is 1. The monoisotopic (exact) mass is 318 g/mol. The number of rotatable bonds is 2. The van der Waals surface area contributed by atoms with E-state index in [-0.39, 0.29) is 5.91 Å². The van der Waals surface area contributed by atoms with Gasteiger partial charge in [-0.2, -0.15) is 0 Å². The summed E-state index contributed by atoms with van der Waals surface area (Å²) in [4.78, 5) is 15.1. The predicted molar refractivity (Wildman–Crippen MR) is 78.0 cm³/mol. The van der Waals surface area contributed by atoms with Crippen LogP contribution < -0.4 is 10.1 Å². The molecule has 4 nitrogen and oxygen atoms in total. The smallest absolute Gasteiger partial charge is 0.256 e. The second-order valence-corrected chi connectivity index (χ2v) is 5.08. The van der Waals surface area contributed by atoms with E-state index in [2.05, 4.69) is 26.2 Å². The molecule has 1 aromatic heterocycles. The third kappa shape index (κ3) is 2.06. The number of nitrogens with one attached hydrogen (secondary N) is 2. The number of fused-ring (bicyclic) bond motifs is 1. The molecule has 2 heterocycles. The van der Waals surface area contributed by atoms with Gasteiger partial charge in [0.1, 0.15) is 5.75 Å². The molecule has 0 aliphatic carbocycles. The van der Waals surface area contributed by atoms with Gasteiger partial charge in [-0.05, 0) is 30.3 Å². The Hall–Kier alpha value is -2.01. The maximum atomic E-state index is 12.0. The second kappa shape index (κ2) is 4.59. The number of carbonyl (C=O) groups excluding carboxylic acids is 1. The molecule has 0 bridgehead atoms. The third-order valence-electron chi connectivity index (χ3n) is 3.01. The van der Waals surface area contributed by atoms with Crippen LogP contribution in [0.1, 0.15) is 11.3 Å². The lowest BCUT2D eigenvalue weighted by atomic mass is 10.1. The zero-order valence-corrected chi connectivity index (χ0v) is 11.7. The van der Waals surface area contributed by atoms with Gasteiger partial charge in [-0.3, -0.25) is 4.79 Å². The topological polar surface area (TPSA) is 54.1 Å². The zero-order valence-electron chi connectivity index (χ0n) is 10.2. The van der Waals surface area contributed by atoms with Gasteiger partial charge in [0.25, 0.3) is 5.91 Å². The first-order valence-corrected chi connectivity index (χ1v) is 6.52. The highest BCUT2D eigenvalue weighted by Crippen LogP contribution is 2.35. The Labute approximate surface area is 118 Å². The summed E-state index contributed by atoms with van der Waals surface area (Å²) in [5, 5.41) is 2.84. The summed E-state index contributed by atoms with van der Waals surface area (Å²) in [6.07, 6.45) is 3.58. The summed E-state index contributed by atoms with van der Waals surface area (Å²) in [5.74, 6) is 0.605. The first kappa shape index (κ1) is 12.0. The number of aromatic nitrogens is 1. The fourth-order valence-corrected chi connectivity index (χ4v) is 2.47. The van der Waals surface area contributed by atoms with Gasteiger partial charge in [-0.25, -0.2) is 0 Å². The van der Waals surface area contributed by atoms with Crippen molar-refractivity contribution in [3.8, 4) is 5.75 Å². The largest absolute Gasteiger partial charge is 0.495 e. The molecule has 96 valence electrons. The van der Waals surface area contributed by atoms with Crippen LogP contribution in [0.25, 0.3) is 11.6 Å². The van der Waals surface area contributed by atoms with Crippen LogP contribution in [0, 0.1) is 0 Å². The molecule has 0 atom stereocenters. The summed E-state index contributed by atoms with van der Waals surface area (Å²) in [6.45, 7) is 0. The number of benzene rings is 1. The Morgan fingerprint density at radius 2 is 2.16 bits per heavy atom. The van der Waals surface area contributed by atoms with Crippen molar-refractivity contribution in [3.05, 3.63) is 46.2 Å². The standard InChI is InChI=1S/C14H11BrN2O2/c1-19-13-4-5-16-12(13)7-10-9-6-8(15)2-3-11(9)17-14(10)18/h2-7,16H,1H3,(H,17,18)/b10-7-. The van der Waals surface area contributed by atoms with Crippen molar-refractivity contribution < 1.29 is 9.53 Å². The van der Waals surface area contributed by atoms with Crippen LogP contribution in [-0.2, 0) is 4.79 Å². The minimum absolute atomic E-state index is 0.107. The number of H-pyrrole nitrogens is 1. The molecule has 0 unspecified atom stereocenters. The van der Waals surface area contributed by atoms with Gasteiger partial charge in [0.15, 0.2) is 0 Å². The van der Waals surface area contributed by atoms with E-state index in [0.29, 0.717) is 11.3 Å². The van der Waals surface area contributed by atoms with E-state index in [1.807, 2.05) is 24.3 Å². The van der Waals surface area contributed by atoms with Crippen molar-refractivity contribution in [3.63, 3.8) is 0 Å². The van der Waals surface area contributed by atoms with Gasteiger partial charge in [-0.15, -0.1) is 0 Å². The van der Waals surface area contributed by atoms with Crippen molar-refractivity contribution in [1.29, 1.82) is 0 Å². The van der Waals surface area contributed by atoms with Gasteiger partial charge in [0, 0.05) is 21.9 Å². The minimum atomic E-state index is -0.107. The maximum Gasteiger partial charge on any atom is 0.256 e. The Bertz CT molecular complexity index is 689. The van der Waals surface area contributed by atoms with Crippen molar-refractivity contribution >= 4 is 39.2 Å². The first-order valence-electron chi connectivity index (χ1n) is 5.73. The predicted octanol–water partition coefficient (Wildman–Crippen LogP) is 3.28. The summed E-state index contributed by atoms with van der Waals surface area (Å²) in [7, 11) is 1.60. The Morgan fingerprint density at radius 3 is 2.95 bits per heavy atom. The van der Waals surface area contributed by atoms with Crippen molar-refractivity contribution in [1.82, 2.24) is 4.98 Å². The molecule has 0 spiro atoms. The van der Waals surface area contributed by atoms with E-state index >= 15 is 0 Å². The van der Waals surface area contributed by atoms with E-state index in [9.17, 15) is 4.79 Å². The van der Waals surface area contributed by atoms with Gasteiger partial charge in [-0.1, -0.05) is 15.9 Å². The van der Waals surface area contributed by atoms with Crippen LogP contribution >= 0.6 is 15.9 Å². The lowest BCUT2D eigenvalue weighted by Crippen LogP contribution is -2.03. The lowest BCUT2D eigenvalue weighted by Gasteiger charge is -2.00. The molecular weight excluding hydrogens is 308 g/mol. The van der Waals surface area contributed by atoms with Crippen molar-refractivity contribution in [2.45, 2.75) is 0 Å². The second-order valence-electron chi connectivity index (χ2n) is 4.16. The Kier molecular flexibility index (Phi) is 2.91. The molecule has 5 heteroatoms. The summed E-state index contributed by atoms with van der Waals surface area (Å²) in [5.41, 5.74) is 3.11. The fourth-order valence-electron chi connectivity index (χ4n) is 2.11. The molecular formula is C14H11BrN2O2. The number of anilines is 1. The van der Waals surface area contributed by atoms with Crippen LogP contribution in [0.5, 0.6) is 5.75 Å². The van der Waals surface area contributed by atoms with E-state index in [4.69, 9.17) is 4.74 Å². The molecule has 0 radical (unpaired) electrons. The van der Waals surface area contributed by atoms with Gasteiger partial charge >= 0.3 is 0 Å². The average molecular weight is 319 g/mol. The molecule has 1 aliphatic rings. The molecule has 3 rings (SSSR count). The summed E-state index contributed by atoms with van der Waals surface area (Å²) < 4.78 is 6.16. The van der Waals surface area contributed by atoms with Crippen LogP contribution in [0.15, 0.2) is 34.9 Å². The van der Waals surface area contributed by atoms with Crippen molar-refractivity contribution in [2.24, 2.45) is 0 Å². The lowest BCUT2D eigenvalue weighted by molar-refractivity contribution is -0.110. The number of methoxy groups -OCH3 is 1. The molecule has 2 N–H and O–H groups in total. The van der Waals surface area contributed by atoms with Gasteiger partial charge in [0.05, 0.1) is 18.4 Å². The van der Waals surface area contributed by atoms with Crippen LogP contribution in [0.4, 0.5) is 5.69 Å². The Balaban J connectivity index is 2.11. The Morgan fingerprint density at radius 1 is 1.32 bits per heavy atom. The molecule has 19 heavy (non-hydrogen) atoms. The molecule has 0 saturated heterocycles. The zero-order chi connectivity index (χ0) is 13.4. The molecule has 1 aromatic carbocycles.